The number of nitrogens with two attached hydrogens (primary N) is 1. The number of nitrogen functional groups attached to an aromatic ring is 1. The molecule has 0 bridgehead atoms. The van der Waals surface area contributed by atoms with Gasteiger partial charge in [0, 0.05) is 5.69 Å². The minimum Gasteiger partial charge on any atom is -0.495 e. The summed E-state index contributed by atoms with van der Waals surface area (Å²) in [4.78, 5) is 25.0. The van der Waals surface area contributed by atoms with Crippen LogP contribution in [0.2, 0.25) is 0 Å². The monoisotopic (exact) mass is 423 g/mol. The first kappa shape index (κ1) is 23.7. The largest absolute Gasteiger partial charge is 0.495 e. The molecule has 28 heavy (non-hydrogen) atoms. The van der Waals surface area contributed by atoms with Gasteiger partial charge in [0.2, 0.25) is 11.8 Å². The molecule has 0 saturated carbocycles. The fourth-order valence-corrected chi connectivity index (χ4v) is 3.04. The first-order valence-electron chi connectivity index (χ1n) is 8.60. The number of ether oxygens (including phenoxy) is 1. The zero-order valence-electron chi connectivity index (χ0n) is 15.9. The minimum atomic E-state index is -0.614. The van der Waals surface area contributed by atoms with Crippen LogP contribution in [0.3, 0.4) is 0 Å². The van der Waals surface area contributed by atoms with Crippen molar-refractivity contribution in [3.63, 3.8) is 0 Å². The molecule has 0 radical (unpaired) electrons. The maximum absolute atomic E-state index is 12.7. The number of carbonyl (C=O) groups excluding carboxylic acids is 2. The van der Waals surface area contributed by atoms with E-state index in [1.165, 1.54) is 7.11 Å². The van der Waals surface area contributed by atoms with Crippen LogP contribution < -0.4 is 21.1 Å². The minimum absolute atomic E-state index is 0. The molecule has 152 valence electrons. The summed E-state index contributed by atoms with van der Waals surface area (Å²) in [7, 11) is 1.53. The Hall–Kier alpha value is -2.38. The quantitative estimate of drug-likeness (QED) is 0.539. The molecule has 6 nitrogen and oxygen atoms in total. The predicted molar refractivity (Wildman–Crippen MR) is 118 cm³/mol. The average molecular weight is 424 g/mol. The number of thioether (sulfide) groups is 1. The highest BCUT2D eigenvalue weighted by molar-refractivity contribution is 7.98. The molecule has 0 fully saturated rings. The van der Waals surface area contributed by atoms with E-state index in [1.807, 2.05) is 36.6 Å². The molecule has 0 aliphatic carbocycles. The lowest BCUT2D eigenvalue weighted by Crippen LogP contribution is -2.44. The number of carbonyl (C=O) groups is 2. The number of hydrogen-bond donors (Lipinski definition) is 3. The highest BCUT2D eigenvalue weighted by Crippen LogP contribution is 2.24. The van der Waals surface area contributed by atoms with Crippen LogP contribution in [0.25, 0.3) is 0 Å². The molecule has 4 N–H and O–H groups in total. The van der Waals surface area contributed by atoms with E-state index >= 15 is 0 Å². The van der Waals surface area contributed by atoms with Crippen molar-refractivity contribution < 1.29 is 14.3 Å². The van der Waals surface area contributed by atoms with Gasteiger partial charge in [0.1, 0.15) is 11.8 Å². The van der Waals surface area contributed by atoms with Gasteiger partial charge < -0.3 is 21.1 Å². The molecular formula is C20H26ClN3O3S. The first-order valence-corrected chi connectivity index (χ1v) is 9.99. The Kier molecular flexibility index (Phi) is 10.3. The Morgan fingerprint density at radius 3 is 2.50 bits per heavy atom. The lowest BCUT2D eigenvalue weighted by molar-refractivity contribution is -0.126. The second kappa shape index (κ2) is 12.2. The molecule has 2 amide bonds. The molecule has 2 aromatic carbocycles. The van der Waals surface area contributed by atoms with Crippen LogP contribution in [-0.2, 0) is 16.0 Å². The summed E-state index contributed by atoms with van der Waals surface area (Å²) in [6.45, 7) is 0. The van der Waals surface area contributed by atoms with Gasteiger partial charge in [0.25, 0.3) is 0 Å². The standard InChI is InChI=1S/C20H25N3O3S.ClH/c1-26-18-9-8-15(13-16(18)21)22-20(25)17(10-11-27-2)23-19(24)12-14-6-4-3-5-7-14;/h3-9,13,17H,10-12,21H2,1-2H3,(H,22,25)(H,23,24);1H. The SMILES string of the molecule is COc1ccc(NC(=O)C(CCSC)NC(=O)Cc2ccccc2)cc1N.Cl. The van der Waals surface area contributed by atoms with Crippen LogP contribution in [-0.4, -0.2) is 37.0 Å². The molecule has 2 rings (SSSR count). The number of methoxy groups -OCH3 is 1. The molecular weight excluding hydrogens is 398 g/mol. The smallest absolute Gasteiger partial charge is 0.246 e. The van der Waals surface area contributed by atoms with Crippen LogP contribution in [0.1, 0.15) is 12.0 Å². The zero-order valence-corrected chi connectivity index (χ0v) is 17.6. The second-order valence-corrected chi connectivity index (χ2v) is 7.00. The Balaban J connectivity index is 0.00000392. The van der Waals surface area contributed by atoms with Crippen molar-refractivity contribution in [1.29, 1.82) is 0 Å². The van der Waals surface area contributed by atoms with Crippen molar-refractivity contribution in [2.75, 3.05) is 30.2 Å². The number of amides is 2. The van der Waals surface area contributed by atoms with E-state index in [9.17, 15) is 9.59 Å². The molecule has 8 heteroatoms. The zero-order chi connectivity index (χ0) is 19.6. The van der Waals surface area contributed by atoms with Crippen molar-refractivity contribution >= 4 is 47.4 Å². The van der Waals surface area contributed by atoms with Crippen LogP contribution in [0.5, 0.6) is 5.75 Å². The van der Waals surface area contributed by atoms with E-state index in [0.29, 0.717) is 23.5 Å². The summed E-state index contributed by atoms with van der Waals surface area (Å²) in [6.07, 6.45) is 2.74. The van der Waals surface area contributed by atoms with E-state index in [-0.39, 0.29) is 30.6 Å². The molecule has 1 unspecified atom stereocenters. The molecule has 0 spiro atoms. The van der Waals surface area contributed by atoms with Crippen molar-refractivity contribution in [2.24, 2.45) is 0 Å². The molecule has 2 aromatic rings. The van der Waals surface area contributed by atoms with E-state index in [4.69, 9.17) is 10.5 Å². The molecule has 0 aliphatic heterocycles. The summed E-state index contributed by atoms with van der Waals surface area (Å²) >= 11 is 1.62. The third-order valence-corrected chi connectivity index (χ3v) is 4.61. The van der Waals surface area contributed by atoms with Crippen LogP contribution in [0.15, 0.2) is 48.5 Å². The number of benzene rings is 2. The van der Waals surface area contributed by atoms with Gasteiger partial charge in [-0.1, -0.05) is 30.3 Å². The second-order valence-electron chi connectivity index (χ2n) is 6.01. The van der Waals surface area contributed by atoms with Crippen molar-refractivity contribution in [2.45, 2.75) is 18.9 Å². The number of rotatable bonds is 9. The molecule has 0 saturated heterocycles. The van der Waals surface area contributed by atoms with Crippen molar-refractivity contribution in [1.82, 2.24) is 5.32 Å². The summed E-state index contributed by atoms with van der Waals surface area (Å²) < 4.78 is 5.12. The summed E-state index contributed by atoms with van der Waals surface area (Å²) in [5.74, 6) is 0.851. The van der Waals surface area contributed by atoms with Gasteiger partial charge in [-0.25, -0.2) is 0 Å². The van der Waals surface area contributed by atoms with Gasteiger partial charge in [0.05, 0.1) is 19.2 Å². The van der Waals surface area contributed by atoms with Gasteiger partial charge in [-0.05, 0) is 42.2 Å². The third kappa shape index (κ3) is 7.32. The first-order chi connectivity index (χ1) is 13.0. The van der Waals surface area contributed by atoms with E-state index in [0.717, 1.165) is 11.3 Å². The van der Waals surface area contributed by atoms with Crippen molar-refractivity contribution in [3.8, 4) is 5.75 Å². The maximum Gasteiger partial charge on any atom is 0.246 e. The van der Waals surface area contributed by atoms with Crippen LogP contribution in [0.4, 0.5) is 11.4 Å². The van der Waals surface area contributed by atoms with E-state index in [1.54, 1.807) is 30.0 Å². The van der Waals surface area contributed by atoms with Crippen molar-refractivity contribution in [3.05, 3.63) is 54.1 Å². The van der Waals surface area contributed by atoms with Gasteiger partial charge in [-0.3, -0.25) is 9.59 Å². The Morgan fingerprint density at radius 2 is 1.89 bits per heavy atom. The summed E-state index contributed by atoms with van der Waals surface area (Å²) in [5, 5.41) is 5.65. The maximum atomic E-state index is 12.7. The van der Waals surface area contributed by atoms with E-state index < -0.39 is 6.04 Å². The Bertz CT molecular complexity index is 775. The Labute approximate surface area is 176 Å². The highest BCUT2D eigenvalue weighted by Gasteiger charge is 2.21. The number of anilines is 2. The fraction of sp³-hybridized carbons (Fsp3) is 0.300. The number of nitrogens with one attached hydrogen (secondary N) is 2. The normalized spacial score (nSPS) is 11.1. The predicted octanol–water partition coefficient (Wildman–Crippen LogP) is 3.12. The third-order valence-electron chi connectivity index (χ3n) is 3.97. The van der Waals surface area contributed by atoms with Gasteiger partial charge in [-0.15, -0.1) is 12.4 Å². The Morgan fingerprint density at radius 1 is 1.18 bits per heavy atom. The van der Waals surface area contributed by atoms with Gasteiger partial charge >= 0.3 is 0 Å². The van der Waals surface area contributed by atoms with Gasteiger partial charge in [0.15, 0.2) is 0 Å². The van der Waals surface area contributed by atoms with Crippen LogP contribution >= 0.6 is 24.2 Å². The number of hydrogen-bond acceptors (Lipinski definition) is 5. The average Bonchev–Trinajstić information content (AvgIpc) is 2.66. The lowest BCUT2D eigenvalue weighted by Gasteiger charge is -2.18. The highest BCUT2D eigenvalue weighted by atomic mass is 35.5. The summed E-state index contributed by atoms with van der Waals surface area (Å²) in [5.41, 5.74) is 7.78. The molecule has 1 atom stereocenters. The molecule has 0 aromatic heterocycles. The van der Waals surface area contributed by atoms with E-state index in [2.05, 4.69) is 10.6 Å². The van der Waals surface area contributed by atoms with Gasteiger partial charge in [-0.2, -0.15) is 11.8 Å². The van der Waals surface area contributed by atoms with Crippen LogP contribution in [0, 0.1) is 0 Å². The summed E-state index contributed by atoms with van der Waals surface area (Å²) in [6, 6.07) is 13.9. The fourth-order valence-electron chi connectivity index (χ4n) is 2.57. The number of halogens is 1. The molecule has 0 aliphatic rings. The lowest BCUT2D eigenvalue weighted by atomic mass is 10.1. The topological polar surface area (TPSA) is 93.5 Å². The molecule has 0 heterocycles.